The van der Waals surface area contributed by atoms with Crippen molar-refractivity contribution in [2.24, 2.45) is 5.92 Å². The van der Waals surface area contributed by atoms with Crippen molar-refractivity contribution in [2.45, 2.75) is 44.6 Å². The lowest BCUT2D eigenvalue weighted by molar-refractivity contribution is -0.132. The first-order chi connectivity index (χ1) is 15.4. The van der Waals surface area contributed by atoms with Gasteiger partial charge in [-0.05, 0) is 43.5 Å². The van der Waals surface area contributed by atoms with Gasteiger partial charge in [-0.15, -0.1) is 0 Å². The molecular weight excluding hydrogens is 408 g/mol. The highest BCUT2D eigenvalue weighted by atomic mass is 16.2. The summed E-state index contributed by atoms with van der Waals surface area (Å²) in [6.45, 7) is 1.59. The average molecular weight is 434 g/mol. The first-order valence-electron chi connectivity index (χ1n) is 10.8. The summed E-state index contributed by atoms with van der Waals surface area (Å²) in [6, 6.07) is 14.6. The SMILES string of the molecule is CC1(c2ccccc2)NC(=O)N(NC(=O)c2cccc(NC(=O)C3CCCCC3)c2)C1=O. The molecule has 2 fully saturated rings. The van der Waals surface area contributed by atoms with Gasteiger partial charge in [-0.2, -0.15) is 5.01 Å². The standard InChI is InChI=1S/C24H26N4O4/c1-24(18-12-6-3-7-13-18)22(31)28(23(32)26-24)27-21(30)17-11-8-14-19(15-17)25-20(29)16-9-4-2-5-10-16/h3,6-8,11-16H,2,4-5,9-10H2,1H3,(H,25,29)(H,26,32)(H,27,30). The molecule has 3 N–H and O–H groups in total. The molecule has 1 saturated heterocycles. The van der Waals surface area contributed by atoms with Crippen LogP contribution in [0.1, 0.15) is 54.9 Å². The highest BCUT2D eigenvalue weighted by Crippen LogP contribution is 2.28. The van der Waals surface area contributed by atoms with Gasteiger partial charge in [-0.3, -0.25) is 19.8 Å². The Morgan fingerprint density at radius 2 is 1.72 bits per heavy atom. The Morgan fingerprint density at radius 3 is 2.44 bits per heavy atom. The third-order valence-corrected chi connectivity index (χ3v) is 6.12. The molecule has 0 spiro atoms. The molecule has 2 aliphatic rings. The molecule has 8 nitrogen and oxygen atoms in total. The van der Waals surface area contributed by atoms with Gasteiger partial charge < -0.3 is 10.6 Å². The molecule has 0 aromatic heterocycles. The van der Waals surface area contributed by atoms with Crippen molar-refractivity contribution in [3.05, 3.63) is 65.7 Å². The number of rotatable bonds is 5. The van der Waals surface area contributed by atoms with E-state index in [1.54, 1.807) is 49.4 Å². The van der Waals surface area contributed by atoms with E-state index >= 15 is 0 Å². The highest BCUT2D eigenvalue weighted by Gasteiger charge is 2.50. The second-order valence-electron chi connectivity index (χ2n) is 8.41. The lowest BCUT2D eigenvalue weighted by atomic mass is 9.88. The monoisotopic (exact) mass is 434 g/mol. The highest BCUT2D eigenvalue weighted by molar-refractivity contribution is 6.09. The summed E-state index contributed by atoms with van der Waals surface area (Å²) in [4.78, 5) is 50.7. The van der Waals surface area contributed by atoms with Crippen molar-refractivity contribution in [1.29, 1.82) is 0 Å². The third kappa shape index (κ3) is 4.21. The quantitative estimate of drug-likeness (QED) is 0.628. The van der Waals surface area contributed by atoms with Crippen molar-refractivity contribution >= 4 is 29.4 Å². The Balaban J connectivity index is 1.45. The zero-order valence-electron chi connectivity index (χ0n) is 17.9. The molecule has 1 heterocycles. The van der Waals surface area contributed by atoms with Gasteiger partial charge in [0.25, 0.3) is 11.8 Å². The first-order valence-corrected chi connectivity index (χ1v) is 10.8. The van der Waals surface area contributed by atoms with Crippen molar-refractivity contribution in [2.75, 3.05) is 5.32 Å². The number of hydrogen-bond acceptors (Lipinski definition) is 4. The summed E-state index contributed by atoms with van der Waals surface area (Å²) in [5.41, 5.74) is 2.44. The molecule has 2 aromatic carbocycles. The molecule has 1 aliphatic carbocycles. The molecule has 5 amide bonds. The van der Waals surface area contributed by atoms with Crippen LogP contribution in [0.5, 0.6) is 0 Å². The normalized spacial score (nSPS) is 21.2. The van der Waals surface area contributed by atoms with Gasteiger partial charge in [0, 0.05) is 17.2 Å². The Kier molecular flexibility index (Phi) is 5.94. The fraction of sp³-hybridized carbons (Fsp3) is 0.333. The van der Waals surface area contributed by atoms with Gasteiger partial charge in [0.1, 0.15) is 5.54 Å². The molecule has 32 heavy (non-hydrogen) atoms. The van der Waals surface area contributed by atoms with Crippen LogP contribution in [0, 0.1) is 5.92 Å². The lowest BCUT2D eigenvalue weighted by Gasteiger charge is -2.22. The minimum absolute atomic E-state index is 0.0113. The number of hydrazine groups is 1. The van der Waals surface area contributed by atoms with Crippen molar-refractivity contribution < 1.29 is 19.2 Å². The summed E-state index contributed by atoms with van der Waals surface area (Å²) in [5, 5.41) is 6.21. The maximum absolute atomic E-state index is 13.0. The number of benzene rings is 2. The van der Waals surface area contributed by atoms with Crippen LogP contribution < -0.4 is 16.1 Å². The van der Waals surface area contributed by atoms with E-state index < -0.39 is 23.4 Å². The largest absolute Gasteiger partial charge is 0.344 e. The van der Waals surface area contributed by atoms with Crippen molar-refractivity contribution in [1.82, 2.24) is 15.8 Å². The van der Waals surface area contributed by atoms with Gasteiger partial charge in [0.2, 0.25) is 5.91 Å². The molecule has 8 heteroatoms. The number of nitrogens with one attached hydrogen (secondary N) is 3. The predicted molar refractivity (Wildman–Crippen MR) is 118 cm³/mol. The van der Waals surface area contributed by atoms with Crippen LogP contribution >= 0.6 is 0 Å². The Labute approximate surface area is 186 Å². The number of hydrogen-bond donors (Lipinski definition) is 3. The number of carbonyl (C=O) groups excluding carboxylic acids is 4. The number of anilines is 1. The molecular formula is C24H26N4O4. The van der Waals surface area contributed by atoms with E-state index in [4.69, 9.17) is 0 Å². The summed E-state index contributed by atoms with van der Waals surface area (Å²) in [6.07, 6.45) is 5.00. The van der Waals surface area contributed by atoms with Crippen LogP contribution in [0.25, 0.3) is 0 Å². The van der Waals surface area contributed by atoms with Crippen LogP contribution in [-0.2, 0) is 15.1 Å². The van der Waals surface area contributed by atoms with Gasteiger partial charge in [-0.1, -0.05) is 55.7 Å². The molecule has 2 aromatic rings. The zero-order valence-corrected chi connectivity index (χ0v) is 17.9. The Morgan fingerprint density at radius 1 is 1.00 bits per heavy atom. The fourth-order valence-corrected chi connectivity index (χ4v) is 4.22. The number of imide groups is 1. The molecule has 0 bridgehead atoms. The Bertz CT molecular complexity index is 1050. The number of nitrogens with zero attached hydrogens (tertiary/aromatic N) is 1. The topological polar surface area (TPSA) is 108 Å². The lowest BCUT2D eigenvalue weighted by Crippen LogP contribution is -2.47. The van der Waals surface area contributed by atoms with E-state index in [9.17, 15) is 19.2 Å². The van der Waals surface area contributed by atoms with E-state index in [2.05, 4.69) is 16.1 Å². The number of carbonyl (C=O) groups is 4. The minimum atomic E-state index is -1.28. The van der Waals surface area contributed by atoms with E-state index in [1.807, 2.05) is 6.07 Å². The van der Waals surface area contributed by atoms with Crippen LogP contribution in [0.15, 0.2) is 54.6 Å². The van der Waals surface area contributed by atoms with E-state index in [0.717, 1.165) is 32.1 Å². The van der Waals surface area contributed by atoms with Crippen LogP contribution in [-0.4, -0.2) is 28.8 Å². The molecule has 1 aliphatic heterocycles. The summed E-state index contributed by atoms with van der Waals surface area (Å²) >= 11 is 0. The fourth-order valence-electron chi connectivity index (χ4n) is 4.22. The molecule has 1 atom stereocenters. The van der Waals surface area contributed by atoms with E-state index in [0.29, 0.717) is 16.3 Å². The van der Waals surface area contributed by atoms with Crippen LogP contribution in [0.4, 0.5) is 10.5 Å². The zero-order chi connectivity index (χ0) is 22.7. The smallest absolute Gasteiger partial charge is 0.326 e. The second kappa shape index (κ2) is 8.82. The van der Waals surface area contributed by atoms with Crippen molar-refractivity contribution in [3.63, 3.8) is 0 Å². The summed E-state index contributed by atoms with van der Waals surface area (Å²) < 4.78 is 0. The van der Waals surface area contributed by atoms with Gasteiger partial charge in [-0.25, -0.2) is 4.79 Å². The maximum atomic E-state index is 13.0. The molecule has 1 unspecified atom stereocenters. The molecule has 1 saturated carbocycles. The van der Waals surface area contributed by atoms with Crippen LogP contribution in [0.3, 0.4) is 0 Å². The first kappa shape index (κ1) is 21.5. The maximum Gasteiger partial charge on any atom is 0.344 e. The third-order valence-electron chi connectivity index (χ3n) is 6.12. The number of urea groups is 1. The van der Waals surface area contributed by atoms with Crippen molar-refractivity contribution in [3.8, 4) is 0 Å². The molecule has 166 valence electrons. The van der Waals surface area contributed by atoms with Gasteiger partial charge in [0.15, 0.2) is 0 Å². The second-order valence-corrected chi connectivity index (χ2v) is 8.41. The Hall–Kier alpha value is -3.68. The summed E-state index contributed by atoms with van der Waals surface area (Å²) in [5.74, 6) is -1.26. The molecule has 4 rings (SSSR count). The minimum Gasteiger partial charge on any atom is -0.326 e. The average Bonchev–Trinajstić information content (AvgIpc) is 3.04. The van der Waals surface area contributed by atoms with Crippen LogP contribution in [0.2, 0.25) is 0 Å². The number of amides is 5. The van der Waals surface area contributed by atoms with Gasteiger partial charge in [0.05, 0.1) is 0 Å². The van der Waals surface area contributed by atoms with E-state index in [-0.39, 0.29) is 17.4 Å². The van der Waals surface area contributed by atoms with Gasteiger partial charge >= 0.3 is 6.03 Å². The van der Waals surface area contributed by atoms with E-state index in [1.165, 1.54) is 6.07 Å². The predicted octanol–water partition coefficient (Wildman–Crippen LogP) is 3.32. The summed E-state index contributed by atoms with van der Waals surface area (Å²) in [7, 11) is 0. The molecule has 0 radical (unpaired) electrons.